The van der Waals surface area contributed by atoms with Crippen LogP contribution in [0.2, 0.25) is 0 Å². The average molecular weight is 376 g/mol. The lowest BCUT2D eigenvalue weighted by Gasteiger charge is -2.33. The molecule has 2 N–H and O–H groups in total. The first kappa shape index (κ1) is 18.0. The maximum absolute atomic E-state index is 14.6. The molecule has 1 atom stereocenters. The monoisotopic (exact) mass is 376 g/mol. The summed E-state index contributed by atoms with van der Waals surface area (Å²) in [6.45, 7) is 0. The standard InChI is InChI=1S/C23H18F2N2O/c24-19-10-3-1-6-14(19)12-15-7-5-9-17-21(16-8-2-4-11-20(16)25)18(13-26)23(27)28-22(15)17/h1-4,6,8,10-12,21H,5,7,9,27H2/b15-12+/t21-/m1/s1. The second-order valence-corrected chi connectivity index (χ2v) is 6.85. The zero-order chi connectivity index (χ0) is 19.7. The lowest BCUT2D eigenvalue weighted by molar-refractivity contribution is 0.276. The Hall–Kier alpha value is -3.39. The Balaban J connectivity index is 1.88. The molecule has 4 rings (SSSR count). The van der Waals surface area contributed by atoms with E-state index in [-0.39, 0.29) is 17.3 Å². The van der Waals surface area contributed by atoms with Gasteiger partial charge in [0.15, 0.2) is 0 Å². The predicted molar refractivity (Wildman–Crippen MR) is 102 cm³/mol. The summed E-state index contributed by atoms with van der Waals surface area (Å²) in [5.74, 6) is -0.827. The SMILES string of the molecule is N#CC1=C(N)OC2=C(CCC/C2=C\c2ccccc2F)[C@H]1c1ccccc1F. The van der Waals surface area contributed by atoms with Crippen LogP contribution in [-0.2, 0) is 4.74 Å². The highest BCUT2D eigenvalue weighted by molar-refractivity contribution is 5.62. The number of nitriles is 1. The van der Waals surface area contributed by atoms with Gasteiger partial charge in [-0.15, -0.1) is 0 Å². The van der Waals surface area contributed by atoms with Crippen molar-refractivity contribution in [3.63, 3.8) is 0 Å². The summed E-state index contributed by atoms with van der Waals surface area (Å²) < 4.78 is 34.5. The van der Waals surface area contributed by atoms with Gasteiger partial charge >= 0.3 is 0 Å². The van der Waals surface area contributed by atoms with E-state index in [9.17, 15) is 14.0 Å². The molecule has 140 valence electrons. The summed E-state index contributed by atoms with van der Waals surface area (Å²) in [5.41, 5.74) is 8.69. The van der Waals surface area contributed by atoms with Gasteiger partial charge in [0.05, 0.1) is 5.92 Å². The van der Waals surface area contributed by atoms with E-state index < -0.39 is 11.7 Å². The molecule has 0 spiro atoms. The van der Waals surface area contributed by atoms with Crippen LogP contribution in [0.15, 0.2) is 76.9 Å². The fourth-order valence-electron chi connectivity index (χ4n) is 3.88. The van der Waals surface area contributed by atoms with Crippen molar-refractivity contribution in [2.45, 2.75) is 25.2 Å². The molecule has 1 aliphatic carbocycles. The second-order valence-electron chi connectivity index (χ2n) is 6.85. The maximum atomic E-state index is 14.6. The number of nitrogens with zero attached hydrogens (tertiary/aromatic N) is 1. The molecule has 0 fully saturated rings. The van der Waals surface area contributed by atoms with Gasteiger partial charge in [0.1, 0.15) is 29.0 Å². The first-order chi connectivity index (χ1) is 13.6. The van der Waals surface area contributed by atoms with Gasteiger partial charge in [-0.05, 0) is 48.6 Å². The molecule has 0 aromatic heterocycles. The molecular formula is C23H18F2N2O. The molecule has 0 bridgehead atoms. The topological polar surface area (TPSA) is 59.0 Å². The number of allylic oxidation sites excluding steroid dienone is 3. The highest BCUT2D eigenvalue weighted by atomic mass is 19.1. The highest BCUT2D eigenvalue weighted by Crippen LogP contribution is 2.47. The largest absolute Gasteiger partial charge is 0.440 e. The molecule has 0 saturated carbocycles. The smallest absolute Gasteiger partial charge is 0.205 e. The van der Waals surface area contributed by atoms with Gasteiger partial charge in [-0.1, -0.05) is 36.4 Å². The molecule has 2 aliphatic rings. The number of hydrogen-bond donors (Lipinski definition) is 1. The number of nitrogens with two attached hydrogens (primary N) is 1. The van der Waals surface area contributed by atoms with Gasteiger partial charge < -0.3 is 10.5 Å². The number of benzene rings is 2. The van der Waals surface area contributed by atoms with E-state index in [1.807, 2.05) is 0 Å². The highest BCUT2D eigenvalue weighted by Gasteiger charge is 2.36. The lowest BCUT2D eigenvalue weighted by Crippen LogP contribution is -2.24. The normalized spacial score (nSPS) is 20.6. The van der Waals surface area contributed by atoms with Crippen molar-refractivity contribution in [2.75, 3.05) is 0 Å². The molecular weight excluding hydrogens is 358 g/mol. The third-order valence-corrected chi connectivity index (χ3v) is 5.16. The van der Waals surface area contributed by atoms with Crippen molar-refractivity contribution >= 4 is 6.08 Å². The summed E-state index contributed by atoms with van der Waals surface area (Å²) in [5, 5.41) is 9.63. The third kappa shape index (κ3) is 3.07. The van der Waals surface area contributed by atoms with Gasteiger partial charge in [0.2, 0.25) is 5.88 Å². The van der Waals surface area contributed by atoms with Crippen LogP contribution in [0.4, 0.5) is 8.78 Å². The fraction of sp³-hybridized carbons (Fsp3) is 0.174. The molecule has 0 saturated heterocycles. The van der Waals surface area contributed by atoms with Crippen LogP contribution in [0.3, 0.4) is 0 Å². The minimum absolute atomic E-state index is 0.0316. The zero-order valence-electron chi connectivity index (χ0n) is 15.1. The minimum Gasteiger partial charge on any atom is -0.440 e. The summed E-state index contributed by atoms with van der Waals surface area (Å²) >= 11 is 0. The molecule has 28 heavy (non-hydrogen) atoms. The summed E-state index contributed by atoms with van der Waals surface area (Å²) in [6.07, 6.45) is 3.88. The molecule has 0 radical (unpaired) electrons. The van der Waals surface area contributed by atoms with E-state index in [2.05, 4.69) is 6.07 Å². The van der Waals surface area contributed by atoms with Crippen molar-refractivity contribution in [3.05, 3.63) is 99.7 Å². The summed E-state index contributed by atoms with van der Waals surface area (Å²) in [7, 11) is 0. The fourth-order valence-corrected chi connectivity index (χ4v) is 3.88. The van der Waals surface area contributed by atoms with Crippen LogP contribution in [-0.4, -0.2) is 0 Å². The first-order valence-corrected chi connectivity index (χ1v) is 9.10. The van der Waals surface area contributed by atoms with E-state index in [0.717, 1.165) is 17.6 Å². The minimum atomic E-state index is -0.598. The van der Waals surface area contributed by atoms with Crippen LogP contribution in [0.1, 0.15) is 36.3 Å². The molecule has 2 aromatic carbocycles. The molecule has 1 aliphatic heterocycles. The predicted octanol–water partition coefficient (Wildman–Crippen LogP) is 5.29. The molecule has 1 heterocycles. The van der Waals surface area contributed by atoms with Gasteiger partial charge in [0, 0.05) is 11.1 Å². The van der Waals surface area contributed by atoms with Gasteiger partial charge in [-0.3, -0.25) is 0 Å². The van der Waals surface area contributed by atoms with E-state index in [1.54, 1.807) is 42.5 Å². The lowest BCUT2D eigenvalue weighted by atomic mass is 9.76. The Morgan fingerprint density at radius 3 is 2.46 bits per heavy atom. The van der Waals surface area contributed by atoms with Gasteiger partial charge in [-0.25, -0.2) is 8.78 Å². The summed E-state index contributed by atoms with van der Waals surface area (Å²) in [6, 6.07) is 14.9. The van der Waals surface area contributed by atoms with Crippen LogP contribution < -0.4 is 5.73 Å². The van der Waals surface area contributed by atoms with Crippen LogP contribution >= 0.6 is 0 Å². The van der Waals surface area contributed by atoms with Crippen LogP contribution in [0.25, 0.3) is 6.08 Å². The van der Waals surface area contributed by atoms with E-state index in [4.69, 9.17) is 10.5 Å². The molecule has 5 heteroatoms. The molecule has 2 aromatic rings. The second kappa shape index (κ2) is 7.32. The van der Waals surface area contributed by atoms with Crippen molar-refractivity contribution in [2.24, 2.45) is 5.73 Å². The number of halogens is 2. The quantitative estimate of drug-likeness (QED) is 0.774. The molecule has 0 amide bonds. The number of rotatable bonds is 2. The first-order valence-electron chi connectivity index (χ1n) is 9.10. The Kier molecular flexibility index (Phi) is 4.70. The van der Waals surface area contributed by atoms with Crippen molar-refractivity contribution < 1.29 is 13.5 Å². The summed E-state index contributed by atoms with van der Waals surface area (Å²) in [4.78, 5) is 0. The van der Waals surface area contributed by atoms with Gasteiger partial charge in [0.25, 0.3) is 0 Å². The van der Waals surface area contributed by atoms with Crippen molar-refractivity contribution in [1.29, 1.82) is 5.26 Å². The zero-order valence-corrected chi connectivity index (χ0v) is 15.1. The number of ether oxygens (including phenoxy) is 1. The Morgan fingerprint density at radius 1 is 1.04 bits per heavy atom. The average Bonchev–Trinajstić information content (AvgIpc) is 2.70. The third-order valence-electron chi connectivity index (χ3n) is 5.16. The molecule has 0 unspecified atom stereocenters. The Bertz CT molecular complexity index is 1080. The van der Waals surface area contributed by atoms with E-state index in [0.29, 0.717) is 29.7 Å². The van der Waals surface area contributed by atoms with E-state index in [1.165, 1.54) is 12.1 Å². The van der Waals surface area contributed by atoms with Crippen LogP contribution in [0.5, 0.6) is 0 Å². The maximum Gasteiger partial charge on any atom is 0.205 e. The van der Waals surface area contributed by atoms with Crippen molar-refractivity contribution in [3.8, 4) is 6.07 Å². The van der Waals surface area contributed by atoms with Crippen LogP contribution in [0, 0.1) is 23.0 Å². The van der Waals surface area contributed by atoms with Gasteiger partial charge in [-0.2, -0.15) is 5.26 Å². The van der Waals surface area contributed by atoms with Crippen molar-refractivity contribution in [1.82, 2.24) is 0 Å². The number of hydrogen-bond acceptors (Lipinski definition) is 3. The Morgan fingerprint density at radius 2 is 1.75 bits per heavy atom. The Labute approximate surface area is 162 Å². The van der Waals surface area contributed by atoms with E-state index >= 15 is 0 Å². The molecule has 3 nitrogen and oxygen atoms in total.